The number of carboxylic acid groups (broad SMARTS) is 1. The fourth-order valence-corrected chi connectivity index (χ4v) is 2.87. The molecule has 8 heteroatoms. The van der Waals surface area contributed by atoms with Crippen molar-refractivity contribution in [2.75, 3.05) is 37.7 Å². The predicted octanol–water partition coefficient (Wildman–Crippen LogP) is 2.29. The SMILES string of the molecule is O=C(O)C1CNCCN1c1ccc(OCCOc2cc(F)ccc2F)cc1. The number of ether oxygens (including phenoxy) is 2. The van der Waals surface area contributed by atoms with Crippen molar-refractivity contribution in [2.45, 2.75) is 6.04 Å². The van der Waals surface area contributed by atoms with Crippen molar-refractivity contribution < 1.29 is 28.2 Å². The van der Waals surface area contributed by atoms with Gasteiger partial charge in [0.1, 0.15) is 30.8 Å². The van der Waals surface area contributed by atoms with Gasteiger partial charge in [-0.3, -0.25) is 0 Å². The first-order chi connectivity index (χ1) is 13.0. The minimum absolute atomic E-state index is 0.0566. The molecule has 0 aliphatic carbocycles. The highest BCUT2D eigenvalue weighted by Crippen LogP contribution is 2.23. The molecule has 1 unspecified atom stereocenters. The zero-order valence-electron chi connectivity index (χ0n) is 14.5. The quantitative estimate of drug-likeness (QED) is 0.721. The highest BCUT2D eigenvalue weighted by Gasteiger charge is 2.28. The van der Waals surface area contributed by atoms with Gasteiger partial charge in [-0.05, 0) is 36.4 Å². The van der Waals surface area contributed by atoms with Crippen LogP contribution in [0.25, 0.3) is 0 Å². The standard InChI is InChI=1S/C19H20F2N2O4/c20-13-1-6-16(21)18(11-13)27-10-9-26-15-4-2-14(3-5-15)23-8-7-22-12-17(23)19(24)25/h1-6,11,17,22H,7-10,12H2,(H,24,25). The van der Waals surface area contributed by atoms with Crippen molar-refractivity contribution >= 4 is 11.7 Å². The largest absolute Gasteiger partial charge is 0.490 e. The summed E-state index contributed by atoms with van der Waals surface area (Å²) in [7, 11) is 0. The summed E-state index contributed by atoms with van der Waals surface area (Å²) >= 11 is 0. The first kappa shape index (κ1) is 18.9. The van der Waals surface area contributed by atoms with Crippen LogP contribution in [0.1, 0.15) is 0 Å². The number of anilines is 1. The Hall–Kier alpha value is -2.87. The lowest BCUT2D eigenvalue weighted by atomic mass is 10.1. The van der Waals surface area contributed by atoms with Gasteiger partial charge in [-0.15, -0.1) is 0 Å². The number of aliphatic carboxylic acids is 1. The van der Waals surface area contributed by atoms with Gasteiger partial charge >= 0.3 is 5.97 Å². The fourth-order valence-electron chi connectivity index (χ4n) is 2.87. The van der Waals surface area contributed by atoms with Gasteiger partial charge < -0.3 is 24.8 Å². The monoisotopic (exact) mass is 378 g/mol. The maximum absolute atomic E-state index is 13.4. The molecule has 0 bridgehead atoms. The Morgan fingerprint density at radius 3 is 2.63 bits per heavy atom. The summed E-state index contributed by atoms with van der Waals surface area (Å²) in [5.74, 6) is -1.67. The van der Waals surface area contributed by atoms with E-state index in [1.807, 2.05) is 4.90 Å². The fraction of sp³-hybridized carbons (Fsp3) is 0.316. The van der Waals surface area contributed by atoms with E-state index in [2.05, 4.69) is 5.32 Å². The summed E-state index contributed by atoms with van der Waals surface area (Å²) in [6.45, 7) is 1.92. The van der Waals surface area contributed by atoms with E-state index in [9.17, 15) is 18.7 Å². The maximum atomic E-state index is 13.4. The molecule has 0 spiro atoms. The van der Waals surface area contributed by atoms with Gasteiger partial charge in [-0.25, -0.2) is 13.6 Å². The van der Waals surface area contributed by atoms with Crippen LogP contribution in [-0.2, 0) is 4.79 Å². The van der Waals surface area contributed by atoms with Crippen LogP contribution in [0.4, 0.5) is 14.5 Å². The van der Waals surface area contributed by atoms with Crippen molar-refractivity contribution in [3.8, 4) is 11.5 Å². The van der Waals surface area contributed by atoms with Crippen LogP contribution in [-0.4, -0.2) is 50.0 Å². The highest BCUT2D eigenvalue weighted by atomic mass is 19.1. The topological polar surface area (TPSA) is 71.0 Å². The minimum atomic E-state index is -0.871. The minimum Gasteiger partial charge on any atom is -0.490 e. The molecule has 0 amide bonds. The van der Waals surface area contributed by atoms with Gasteiger partial charge in [0.25, 0.3) is 0 Å². The number of rotatable bonds is 7. The zero-order valence-corrected chi connectivity index (χ0v) is 14.5. The Morgan fingerprint density at radius 2 is 1.89 bits per heavy atom. The van der Waals surface area contributed by atoms with Gasteiger partial charge in [-0.1, -0.05) is 0 Å². The molecule has 1 aliphatic heterocycles. The molecule has 2 aromatic carbocycles. The molecule has 1 fully saturated rings. The summed E-state index contributed by atoms with van der Waals surface area (Å²) in [6, 6.07) is 9.46. The van der Waals surface area contributed by atoms with Crippen LogP contribution in [0.3, 0.4) is 0 Å². The van der Waals surface area contributed by atoms with E-state index >= 15 is 0 Å². The Balaban J connectivity index is 1.52. The van der Waals surface area contributed by atoms with E-state index in [-0.39, 0.29) is 19.0 Å². The van der Waals surface area contributed by atoms with Gasteiger partial charge in [0, 0.05) is 31.4 Å². The lowest BCUT2D eigenvalue weighted by molar-refractivity contribution is -0.138. The second kappa shape index (κ2) is 8.68. The number of carboxylic acids is 1. The van der Waals surface area contributed by atoms with Crippen LogP contribution in [0.15, 0.2) is 42.5 Å². The third-order valence-electron chi connectivity index (χ3n) is 4.20. The summed E-state index contributed by atoms with van der Waals surface area (Å²) in [4.78, 5) is 13.2. The molecule has 1 aliphatic rings. The Morgan fingerprint density at radius 1 is 1.15 bits per heavy atom. The van der Waals surface area contributed by atoms with Crippen LogP contribution >= 0.6 is 0 Å². The first-order valence-corrected chi connectivity index (χ1v) is 8.55. The van der Waals surface area contributed by atoms with Crippen LogP contribution in [0.5, 0.6) is 11.5 Å². The van der Waals surface area contributed by atoms with Crippen LogP contribution in [0.2, 0.25) is 0 Å². The lowest BCUT2D eigenvalue weighted by Gasteiger charge is -2.35. The van der Waals surface area contributed by atoms with Crippen molar-refractivity contribution in [3.63, 3.8) is 0 Å². The molecule has 6 nitrogen and oxygen atoms in total. The van der Waals surface area contributed by atoms with E-state index in [1.54, 1.807) is 24.3 Å². The molecule has 1 atom stereocenters. The Labute approximate surface area is 155 Å². The average Bonchev–Trinajstić information content (AvgIpc) is 2.68. The zero-order chi connectivity index (χ0) is 19.2. The van der Waals surface area contributed by atoms with Gasteiger partial charge in [0.2, 0.25) is 0 Å². The van der Waals surface area contributed by atoms with E-state index in [1.165, 1.54) is 0 Å². The van der Waals surface area contributed by atoms with Gasteiger partial charge in [0.15, 0.2) is 11.6 Å². The number of hydrogen-bond acceptors (Lipinski definition) is 5. The third kappa shape index (κ3) is 4.85. The second-order valence-electron chi connectivity index (χ2n) is 6.02. The van der Waals surface area contributed by atoms with Crippen LogP contribution in [0, 0.1) is 11.6 Å². The van der Waals surface area contributed by atoms with E-state index in [0.717, 1.165) is 30.4 Å². The van der Waals surface area contributed by atoms with Crippen molar-refractivity contribution in [2.24, 2.45) is 0 Å². The van der Waals surface area contributed by atoms with Crippen LogP contribution < -0.4 is 19.7 Å². The van der Waals surface area contributed by atoms with Crippen molar-refractivity contribution in [1.29, 1.82) is 0 Å². The van der Waals surface area contributed by atoms with E-state index in [4.69, 9.17) is 9.47 Å². The Kier molecular flexibility index (Phi) is 6.08. The van der Waals surface area contributed by atoms with Gasteiger partial charge in [-0.2, -0.15) is 0 Å². The molecular weight excluding hydrogens is 358 g/mol. The van der Waals surface area contributed by atoms with Crippen molar-refractivity contribution in [1.82, 2.24) is 5.32 Å². The number of piperazine rings is 1. The number of nitrogens with zero attached hydrogens (tertiary/aromatic N) is 1. The molecule has 0 aromatic heterocycles. The maximum Gasteiger partial charge on any atom is 0.327 e. The van der Waals surface area contributed by atoms with Crippen molar-refractivity contribution in [3.05, 3.63) is 54.1 Å². The highest BCUT2D eigenvalue weighted by molar-refractivity contribution is 5.79. The molecule has 1 heterocycles. The van der Waals surface area contributed by atoms with E-state index in [0.29, 0.717) is 18.8 Å². The molecule has 0 saturated carbocycles. The predicted molar refractivity (Wildman–Crippen MR) is 95.4 cm³/mol. The molecular formula is C19H20F2N2O4. The molecule has 3 rings (SSSR count). The smallest absolute Gasteiger partial charge is 0.327 e. The number of hydrogen-bond donors (Lipinski definition) is 2. The normalized spacial score (nSPS) is 16.8. The number of nitrogens with one attached hydrogen (secondary N) is 1. The molecule has 144 valence electrons. The summed E-state index contributed by atoms with van der Waals surface area (Å²) in [6.07, 6.45) is 0. The second-order valence-corrected chi connectivity index (χ2v) is 6.02. The average molecular weight is 378 g/mol. The number of carbonyl (C=O) groups is 1. The molecule has 27 heavy (non-hydrogen) atoms. The Bertz CT molecular complexity index is 786. The summed E-state index contributed by atoms with van der Waals surface area (Å²) in [5, 5.41) is 12.4. The lowest BCUT2D eigenvalue weighted by Crippen LogP contribution is -2.55. The first-order valence-electron chi connectivity index (χ1n) is 8.55. The van der Waals surface area contributed by atoms with E-state index < -0.39 is 23.6 Å². The molecule has 1 saturated heterocycles. The van der Waals surface area contributed by atoms with Gasteiger partial charge in [0.05, 0.1) is 0 Å². The molecule has 2 aromatic rings. The summed E-state index contributed by atoms with van der Waals surface area (Å²) in [5.41, 5.74) is 0.800. The molecule has 0 radical (unpaired) electrons. The number of benzene rings is 2. The number of halogens is 2. The summed E-state index contributed by atoms with van der Waals surface area (Å²) < 4.78 is 37.2. The third-order valence-corrected chi connectivity index (χ3v) is 4.20. The molecule has 2 N–H and O–H groups in total.